The molecule has 0 bridgehead atoms. The van der Waals surface area contributed by atoms with Crippen molar-refractivity contribution in [2.75, 3.05) is 0 Å². The van der Waals surface area contributed by atoms with Crippen molar-refractivity contribution >= 4 is 18.0 Å². The third kappa shape index (κ3) is 3.57. The summed E-state index contributed by atoms with van der Waals surface area (Å²) in [6.45, 7) is 4.05. The molecule has 1 fully saturated rings. The summed E-state index contributed by atoms with van der Waals surface area (Å²) >= 11 is 0. The Morgan fingerprint density at radius 3 is 2.47 bits per heavy atom. The van der Waals surface area contributed by atoms with Crippen LogP contribution in [0.4, 0.5) is 4.79 Å². The lowest BCUT2D eigenvalue weighted by molar-refractivity contribution is -0.123. The van der Waals surface area contributed by atoms with E-state index in [1.807, 2.05) is 68.4 Å². The Balaban J connectivity index is 1.67. The zero-order chi connectivity index (χ0) is 21.3. The number of benzene rings is 2. The molecule has 3 aromatic rings. The minimum absolute atomic E-state index is 0.0960. The van der Waals surface area contributed by atoms with Crippen LogP contribution in [0.5, 0.6) is 0 Å². The number of aromatic amines is 1. The van der Waals surface area contributed by atoms with Gasteiger partial charge in [-0.3, -0.25) is 19.6 Å². The Bertz CT molecular complexity index is 1200. The fourth-order valence-corrected chi connectivity index (χ4v) is 3.53. The van der Waals surface area contributed by atoms with Crippen molar-refractivity contribution in [1.82, 2.24) is 20.0 Å². The van der Waals surface area contributed by atoms with E-state index in [-0.39, 0.29) is 17.8 Å². The number of carbonyl (C=O) groups excluding carboxylic acids is 2. The number of H-pyrrole nitrogens is 1. The average molecular weight is 402 g/mol. The molecule has 0 aliphatic carbocycles. The van der Waals surface area contributed by atoms with Crippen molar-refractivity contribution < 1.29 is 9.59 Å². The van der Waals surface area contributed by atoms with Crippen LogP contribution in [0.25, 0.3) is 11.8 Å². The first-order valence-electron chi connectivity index (χ1n) is 9.77. The van der Waals surface area contributed by atoms with Gasteiger partial charge in [0.1, 0.15) is 5.70 Å². The molecule has 0 unspecified atom stereocenters. The highest BCUT2D eigenvalue weighted by atomic mass is 16.2. The lowest BCUT2D eigenvalue weighted by Gasteiger charge is -2.12. The van der Waals surface area contributed by atoms with Crippen LogP contribution in [0, 0.1) is 6.92 Å². The Kier molecular flexibility index (Phi) is 5.10. The van der Waals surface area contributed by atoms with Gasteiger partial charge in [0.2, 0.25) is 0 Å². The monoisotopic (exact) mass is 402 g/mol. The van der Waals surface area contributed by atoms with E-state index in [0.717, 1.165) is 16.0 Å². The Morgan fingerprint density at radius 1 is 1.00 bits per heavy atom. The molecule has 0 spiro atoms. The number of hydrogen-bond donors (Lipinski definition) is 2. The molecule has 1 saturated heterocycles. The number of nitrogens with zero attached hydrogens (tertiary/aromatic N) is 2. The molecule has 4 rings (SSSR count). The first-order chi connectivity index (χ1) is 14.5. The molecular weight excluding hydrogens is 380 g/mol. The van der Waals surface area contributed by atoms with E-state index in [0.29, 0.717) is 23.4 Å². The maximum absolute atomic E-state index is 13.0. The third-order valence-corrected chi connectivity index (χ3v) is 5.05. The normalized spacial score (nSPS) is 15.1. The van der Waals surface area contributed by atoms with Crippen LogP contribution in [0.15, 0.2) is 65.1 Å². The molecule has 2 N–H and O–H groups in total. The maximum atomic E-state index is 13.0. The number of imide groups is 1. The smallest absolute Gasteiger partial charge is 0.303 e. The number of nitrogens with one attached hydrogen (secondary N) is 2. The first kappa shape index (κ1) is 19.4. The molecule has 3 amide bonds. The van der Waals surface area contributed by atoms with Gasteiger partial charge in [0, 0.05) is 5.69 Å². The molecular formula is C23H22N4O3. The molecule has 2 heterocycles. The van der Waals surface area contributed by atoms with Gasteiger partial charge in [-0.05, 0) is 37.1 Å². The quantitative estimate of drug-likeness (QED) is 0.508. The molecule has 1 aliphatic rings. The average Bonchev–Trinajstić information content (AvgIpc) is 3.20. The van der Waals surface area contributed by atoms with Gasteiger partial charge in [-0.15, -0.1) is 0 Å². The van der Waals surface area contributed by atoms with E-state index >= 15 is 0 Å². The number of carbonyl (C=O) groups is 2. The molecule has 1 aromatic heterocycles. The molecule has 0 saturated carbocycles. The standard InChI is InChI=1S/C23H22N4O3/c1-3-19-18(21(28)27(25-19)17-10-5-4-6-11-17)13-20-22(29)26(23(30)24-20)14-16-9-7-8-15(2)12-16/h4-13,25H,3,14H2,1-2H3,(H,24,30)/b20-13-. The van der Waals surface area contributed by atoms with Crippen molar-refractivity contribution in [3.05, 3.63) is 93.0 Å². The highest BCUT2D eigenvalue weighted by Gasteiger charge is 2.34. The number of rotatable bonds is 5. The summed E-state index contributed by atoms with van der Waals surface area (Å²) in [5.41, 5.74) is 3.49. The fourth-order valence-electron chi connectivity index (χ4n) is 3.53. The van der Waals surface area contributed by atoms with E-state index in [1.54, 1.807) is 0 Å². The largest absolute Gasteiger partial charge is 0.329 e. The Hall–Kier alpha value is -3.87. The molecule has 152 valence electrons. The van der Waals surface area contributed by atoms with Gasteiger partial charge in [0.05, 0.1) is 17.8 Å². The minimum atomic E-state index is -0.496. The number of amides is 3. The summed E-state index contributed by atoms with van der Waals surface area (Å²) in [7, 11) is 0. The summed E-state index contributed by atoms with van der Waals surface area (Å²) < 4.78 is 1.44. The van der Waals surface area contributed by atoms with Gasteiger partial charge < -0.3 is 5.32 Å². The summed E-state index contributed by atoms with van der Waals surface area (Å²) in [6, 6.07) is 16.3. The number of para-hydroxylation sites is 1. The molecule has 2 aromatic carbocycles. The lowest BCUT2D eigenvalue weighted by atomic mass is 10.1. The molecule has 30 heavy (non-hydrogen) atoms. The van der Waals surface area contributed by atoms with Gasteiger partial charge in [-0.2, -0.15) is 0 Å². The van der Waals surface area contributed by atoms with Crippen LogP contribution < -0.4 is 10.9 Å². The van der Waals surface area contributed by atoms with Gasteiger partial charge in [0.15, 0.2) is 0 Å². The highest BCUT2D eigenvalue weighted by Crippen LogP contribution is 2.18. The summed E-state index contributed by atoms with van der Waals surface area (Å²) in [6.07, 6.45) is 2.04. The SMILES string of the molecule is CCc1[nH]n(-c2ccccc2)c(=O)c1/C=C1\NC(=O)N(Cc2cccc(C)c2)C1=O. The topological polar surface area (TPSA) is 87.2 Å². The zero-order valence-corrected chi connectivity index (χ0v) is 16.8. The second-order valence-electron chi connectivity index (χ2n) is 7.20. The number of hydrogen-bond acceptors (Lipinski definition) is 3. The summed E-state index contributed by atoms with van der Waals surface area (Å²) in [4.78, 5) is 39.4. The van der Waals surface area contributed by atoms with E-state index in [2.05, 4.69) is 10.4 Å². The third-order valence-electron chi connectivity index (χ3n) is 5.05. The van der Waals surface area contributed by atoms with Crippen molar-refractivity contribution in [3.63, 3.8) is 0 Å². The van der Waals surface area contributed by atoms with Crippen LogP contribution in [-0.2, 0) is 17.8 Å². The van der Waals surface area contributed by atoms with Gasteiger partial charge in [-0.25, -0.2) is 9.48 Å². The molecule has 7 heteroatoms. The fraction of sp³-hybridized carbons (Fsp3) is 0.174. The molecule has 0 radical (unpaired) electrons. The van der Waals surface area contributed by atoms with Crippen LogP contribution in [0.1, 0.15) is 29.3 Å². The van der Waals surface area contributed by atoms with E-state index in [9.17, 15) is 14.4 Å². The van der Waals surface area contributed by atoms with Crippen LogP contribution >= 0.6 is 0 Å². The van der Waals surface area contributed by atoms with Gasteiger partial charge in [-0.1, -0.05) is 55.0 Å². The number of aromatic nitrogens is 2. The maximum Gasteiger partial charge on any atom is 0.329 e. The van der Waals surface area contributed by atoms with Crippen molar-refractivity contribution in [3.8, 4) is 5.69 Å². The summed E-state index contributed by atoms with van der Waals surface area (Å²) in [5.74, 6) is -0.449. The van der Waals surface area contributed by atoms with Crippen LogP contribution in [0.3, 0.4) is 0 Å². The zero-order valence-electron chi connectivity index (χ0n) is 16.8. The van der Waals surface area contributed by atoms with Crippen molar-refractivity contribution in [2.24, 2.45) is 0 Å². The van der Waals surface area contributed by atoms with Crippen molar-refractivity contribution in [1.29, 1.82) is 0 Å². The van der Waals surface area contributed by atoms with E-state index < -0.39 is 11.9 Å². The summed E-state index contributed by atoms with van der Waals surface area (Å²) in [5, 5.41) is 5.70. The molecule has 1 aliphatic heterocycles. The van der Waals surface area contributed by atoms with E-state index in [1.165, 1.54) is 10.8 Å². The second-order valence-corrected chi connectivity index (χ2v) is 7.20. The number of urea groups is 1. The van der Waals surface area contributed by atoms with Gasteiger partial charge in [0.25, 0.3) is 11.5 Å². The van der Waals surface area contributed by atoms with Crippen LogP contribution in [0.2, 0.25) is 0 Å². The van der Waals surface area contributed by atoms with Gasteiger partial charge >= 0.3 is 6.03 Å². The second kappa shape index (κ2) is 7.87. The Morgan fingerprint density at radius 2 is 1.77 bits per heavy atom. The first-order valence-corrected chi connectivity index (χ1v) is 9.77. The van der Waals surface area contributed by atoms with Crippen molar-refractivity contribution in [2.45, 2.75) is 26.8 Å². The molecule has 0 atom stereocenters. The Labute approximate surface area is 173 Å². The molecule has 7 nitrogen and oxygen atoms in total. The predicted octanol–water partition coefficient (Wildman–Crippen LogP) is 3.13. The number of aryl methyl sites for hydroxylation is 2. The van der Waals surface area contributed by atoms with E-state index in [4.69, 9.17) is 0 Å². The highest BCUT2D eigenvalue weighted by molar-refractivity contribution is 6.13. The minimum Gasteiger partial charge on any atom is -0.303 e. The predicted molar refractivity (Wildman–Crippen MR) is 114 cm³/mol. The lowest BCUT2D eigenvalue weighted by Crippen LogP contribution is -2.30. The van der Waals surface area contributed by atoms with Crippen LogP contribution in [-0.4, -0.2) is 26.6 Å².